The number of hydrazine groups is 1. The minimum atomic E-state index is -4.15. The zero-order valence-corrected chi connectivity index (χ0v) is 11.3. The van der Waals surface area contributed by atoms with E-state index in [0.29, 0.717) is 32.7 Å². The van der Waals surface area contributed by atoms with Crippen LogP contribution in [0.15, 0.2) is 0 Å². The highest BCUT2D eigenvalue weighted by molar-refractivity contribution is 5.81. The van der Waals surface area contributed by atoms with Crippen LogP contribution in [-0.2, 0) is 4.79 Å². The third-order valence-corrected chi connectivity index (χ3v) is 3.23. The molecule has 0 radical (unpaired) electrons. The molecule has 1 saturated heterocycles. The van der Waals surface area contributed by atoms with Crippen LogP contribution in [0, 0.1) is 5.41 Å². The normalized spacial score (nSPS) is 19.5. The minimum absolute atomic E-state index is 0.273. The summed E-state index contributed by atoms with van der Waals surface area (Å²) >= 11 is 0. The molecule has 1 amide bonds. The van der Waals surface area contributed by atoms with E-state index in [1.807, 2.05) is 4.90 Å². The highest BCUT2D eigenvalue weighted by Crippen LogP contribution is 2.20. The Labute approximate surface area is 110 Å². The van der Waals surface area contributed by atoms with Gasteiger partial charge in [-0.05, 0) is 13.8 Å². The summed E-state index contributed by atoms with van der Waals surface area (Å²) in [6.45, 7) is 4.91. The summed E-state index contributed by atoms with van der Waals surface area (Å²) in [4.78, 5) is 14.9. The molecule has 0 aromatic rings. The molecule has 1 aliphatic rings. The van der Waals surface area contributed by atoms with Gasteiger partial charge in [0, 0.05) is 32.7 Å². The van der Waals surface area contributed by atoms with Gasteiger partial charge >= 0.3 is 6.18 Å². The van der Waals surface area contributed by atoms with Crippen molar-refractivity contribution < 1.29 is 18.0 Å². The zero-order chi connectivity index (χ0) is 14.7. The van der Waals surface area contributed by atoms with Gasteiger partial charge in [0.25, 0.3) is 0 Å². The lowest BCUT2D eigenvalue weighted by atomic mass is 9.91. The molecule has 1 fully saturated rings. The van der Waals surface area contributed by atoms with E-state index in [9.17, 15) is 18.0 Å². The molecule has 0 saturated carbocycles. The lowest BCUT2D eigenvalue weighted by Crippen LogP contribution is -2.53. The number of carbonyl (C=O) groups excluding carboxylic acids is 1. The van der Waals surface area contributed by atoms with Crippen LogP contribution in [-0.4, -0.2) is 61.2 Å². The van der Waals surface area contributed by atoms with Crippen molar-refractivity contribution in [1.82, 2.24) is 15.2 Å². The fourth-order valence-electron chi connectivity index (χ4n) is 2.19. The first-order valence-corrected chi connectivity index (χ1v) is 6.16. The predicted octanol–water partition coefficient (Wildman–Crippen LogP) is 0.182. The Balaban J connectivity index is 2.40. The number of hydrogen-bond donors (Lipinski definition) is 2. The Bertz CT molecular complexity index is 312. The number of nitrogens with one attached hydrogen (secondary N) is 1. The maximum absolute atomic E-state index is 12.2. The molecule has 0 atom stereocenters. The average Bonchev–Trinajstić information content (AvgIpc) is 2.28. The Morgan fingerprint density at radius 3 is 1.89 bits per heavy atom. The smallest absolute Gasteiger partial charge is 0.300 e. The van der Waals surface area contributed by atoms with Crippen molar-refractivity contribution in [2.75, 3.05) is 39.3 Å². The van der Waals surface area contributed by atoms with Crippen molar-refractivity contribution in [1.29, 1.82) is 0 Å². The number of halogens is 3. The molecule has 1 heterocycles. The summed E-state index contributed by atoms with van der Waals surface area (Å²) in [5.41, 5.74) is 1.46. The van der Waals surface area contributed by atoms with Gasteiger partial charge in [-0.15, -0.1) is 0 Å². The number of piperazine rings is 1. The molecular weight excluding hydrogens is 261 g/mol. The Morgan fingerprint density at radius 1 is 1.11 bits per heavy atom. The van der Waals surface area contributed by atoms with Gasteiger partial charge in [-0.3, -0.25) is 20.0 Å². The van der Waals surface area contributed by atoms with Crippen LogP contribution in [0.5, 0.6) is 0 Å². The molecule has 0 bridgehead atoms. The predicted molar refractivity (Wildman–Crippen MR) is 65.0 cm³/mol. The number of nitrogens with two attached hydrogens (primary N) is 1. The van der Waals surface area contributed by atoms with Gasteiger partial charge in [-0.25, -0.2) is 5.84 Å². The van der Waals surface area contributed by atoms with Crippen molar-refractivity contribution in [3.63, 3.8) is 0 Å². The first kappa shape index (κ1) is 16.2. The van der Waals surface area contributed by atoms with E-state index in [4.69, 9.17) is 5.84 Å². The van der Waals surface area contributed by atoms with Crippen molar-refractivity contribution in [2.24, 2.45) is 11.3 Å². The molecule has 0 unspecified atom stereocenters. The van der Waals surface area contributed by atoms with Gasteiger partial charge in [0.2, 0.25) is 5.91 Å². The van der Waals surface area contributed by atoms with E-state index in [1.165, 1.54) is 4.90 Å². The quantitative estimate of drug-likeness (QED) is 0.439. The molecule has 1 rings (SSSR count). The van der Waals surface area contributed by atoms with E-state index in [-0.39, 0.29) is 5.91 Å². The molecule has 112 valence electrons. The van der Waals surface area contributed by atoms with Gasteiger partial charge in [0.05, 0.1) is 12.0 Å². The van der Waals surface area contributed by atoms with Crippen molar-refractivity contribution in [2.45, 2.75) is 20.0 Å². The molecule has 1 aliphatic heterocycles. The molecule has 19 heavy (non-hydrogen) atoms. The highest BCUT2D eigenvalue weighted by Gasteiger charge is 2.34. The summed E-state index contributed by atoms with van der Waals surface area (Å²) in [6.07, 6.45) is -4.15. The van der Waals surface area contributed by atoms with Gasteiger partial charge in [-0.1, -0.05) is 0 Å². The Morgan fingerprint density at radius 2 is 1.53 bits per heavy atom. The van der Waals surface area contributed by atoms with Crippen LogP contribution >= 0.6 is 0 Å². The SMILES string of the molecule is CC(C)(CN1CCN(CC(F)(F)F)CC1)C(=O)NN. The van der Waals surface area contributed by atoms with E-state index in [1.54, 1.807) is 13.8 Å². The van der Waals surface area contributed by atoms with Crippen LogP contribution in [0.3, 0.4) is 0 Å². The molecule has 0 spiro atoms. The van der Waals surface area contributed by atoms with Gasteiger partial charge in [0.1, 0.15) is 0 Å². The third kappa shape index (κ3) is 5.33. The fraction of sp³-hybridized carbons (Fsp3) is 0.909. The second kappa shape index (κ2) is 6.06. The first-order valence-electron chi connectivity index (χ1n) is 6.16. The van der Waals surface area contributed by atoms with Crippen LogP contribution in [0.4, 0.5) is 13.2 Å². The average molecular weight is 282 g/mol. The molecular formula is C11H21F3N4O. The second-order valence-electron chi connectivity index (χ2n) is 5.52. The summed E-state index contributed by atoms with van der Waals surface area (Å²) in [6, 6.07) is 0. The van der Waals surface area contributed by atoms with Crippen LogP contribution < -0.4 is 11.3 Å². The number of alkyl halides is 3. The summed E-state index contributed by atoms with van der Waals surface area (Å²) in [7, 11) is 0. The van der Waals surface area contributed by atoms with Gasteiger partial charge in [0.15, 0.2) is 0 Å². The van der Waals surface area contributed by atoms with E-state index in [2.05, 4.69) is 5.43 Å². The van der Waals surface area contributed by atoms with Crippen molar-refractivity contribution in [3.05, 3.63) is 0 Å². The lowest BCUT2D eigenvalue weighted by molar-refractivity contribution is -0.149. The first-order chi connectivity index (χ1) is 8.64. The zero-order valence-electron chi connectivity index (χ0n) is 11.3. The summed E-state index contributed by atoms with van der Waals surface area (Å²) in [5, 5.41) is 0. The number of carbonyl (C=O) groups is 1. The Kier molecular flexibility index (Phi) is 5.17. The fourth-order valence-corrected chi connectivity index (χ4v) is 2.19. The summed E-state index contributed by atoms with van der Waals surface area (Å²) < 4.78 is 36.7. The van der Waals surface area contributed by atoms with Crippen molar-refractivity contribution in [3.8, 4) is 0 Å². The third-order valence-electron chi connectivity index (χ3n) is 3.23. The van der Waals surface area contributed by atoms with E-state index < -0.39 is 18.1 Å². The number of hydrogen-bond acceptors (Lipinski definition) is 4. The van der Waals surface area contributed by atoms with Crippen LogP contribution in [0.2, 0.25) is 0 Å². The minimum Gasteiger partial charge on any atom is -0.300 e. The molecule has 0 aromatic carbocycles. The molecule has 0 aromatic heterocycles. The largest absolute Gasteiger partial charge is 0.401 e. The summed E-state index contributed by atoms with van der Waals surface area (Å²) in [5.74, 6) is 4.83. The standard InChI is InChI=1S/C11H21F3N4O/c1-10(2,9(19)16-15)7-17-3-5-18(6-4-17)8-11(12,13)14/h3-8,15H2,1-2H3,(H,16,19). The van der Waals surface area contributed by atoms with Crippen LogP contribution in [0.1, 0.15) is 13.8 Å². The molecule has 8 heteroatoms. The van der Waals surface area contributed by atoms with Crippen molar-refractivity contribution >= 4 is 5.91 Å². The highest BCUT2D eigenvalue weighted by atomic mass is 19.4. The molecule has 5 nitrogen and oxygen atoms in total. The van der Waals surface area contributed by atoms with E-state index >= 15 is 0 Å². The number of nitrogens with zero attached hydrogens (tertiary/aromatic N) is 2. The lowest BCUT2D eigenvalue weighted by Gasteiger charge is -2.38. The number of amides is 1. The second-order valence-corrected chi connectivity index (χ2v) is 5.52. The van der Waals surface area contributed by atoms with E-state index in [0.717, 1.165) is 0 Å². The van der Waals surface area contributed by atoms with Crippen LogP contribution in [0.25, 0.3) is 0 Å². The molecule has 0 aliphatic carbocycles. The maximum atomic E-state index is 12.2. The molecule has 3 N–H and O–H groups in total. The topological polar surface area (TPSA) is 61.6 Å². The number of rotatable bonds is 4. The maximum Gasteiger partial charge on any atom is 0.401 e. The van der Waals surface area contributed by atoms with Gasteiger partial charge in [-0.2, -0.15) is 13.2 Å². The monoisotopic (exact) mass is 282 g/mol. The van der Waals surface area contributed by atoms with Gasteiger partial charge < -0.3 is 0 Å². The Hall–Kier alpha value is -0.860.